The standard InChI is InChI=1S/C19H23N3O3/c1-13-16(11-20-14(2)21-13)18(23)22-10-9-19(3,24)17(12-22)25-15-7-5-4-6-8-15/h4-8,11,17,24H,9-10,12H2,1-3H3/t17-,19-/m1/s1. The number of nitrogens with zero attached hydrogens (tertiary/aromatic N) is 3. The number of para-hydroxylation sites is 1. The highest BCUT2D eigenvalue weighted by Gasteiger charge is 2.41. The Hall–Kier alpha value is -2.47. The lowest BCUT2D eigenvalue weighted by atomic mass is 9.90. The van der Waals surface area contributed by atoms with E-state index in [1.165, 1.54) is 0 Å². The molecule has 3 rings (SSSR count). The number of amides is 1. The molecule has 2 heterocycles. The number of rotatable bonds is 3. The number of ether oxygens (including phenoxy) is 1. The van der Waals surface area contributed by atoms with E-state index in [9.17, 15) is 9.90 Å². The molecule has 1 aromatic carbocycles. The van der Waals surface area contributed by atoms with Gasteiger partial charge >= 0.3 is 0 Å². The van der Waals surface area contributed by atoms with Crippen molar-refractivity contribution in [3.63, 3.8) is 0 Å². The minimum atomic E-state index is -0.995. The topological polar surface area (TPSA) is 75.6 Å². The van der Waals surface area contributed by atoms with Crippen LogP contribution in [-0.2, 0) is 0 Å². The molecule has 1 aliphatic rings. The summed E-state index contributed by atoms with van der Waals surface area (Å²) in [6.07, 6.45) is 1.52. The third-order valence-electron chi connectivity index (χ3n) is 4.61. The monoisotopic (exact) mass is 341 g/mol. The molecule has 1 aliphatic heterocycles. The van der Waals surface area contributed by atoms with Gasteiger partial charge in [-0.2, -0.15) is 0 Å². The number of piperidine rings is 1. The first-order chi connectivity index (χ1) is 11.9. The molecular formula is C19H23N3O3. The van der Waals surface area contributed by atoms with Crippen molar-refractivity contribution in [1.82, 2.24) is 14.9 Å². The lowest BCUT2D eigenvalue weighted by Crippen LogP contribution is -2.57. The lowest BCUT2D eigenvalue weighted by Gasteiger charge is -2.42. The molecular weight excluding hydrogens is 318 g/mol. The van der Waals surface area contributed by atoms with E-state index in [-0.39, 0.29) is 5.91 Å². The second-order valence-electron chi connectivity index (χ2n) is 6.69. The summed E-state index contributed by atoms with van der Waals surface area (Å²) in [5.74, 6) is 1.19. The number of aryl methyl sites for hydroxylation is 2. The van der Waals surface area contributed by atoms with Gasteiger partial charge in [-0.15, -0.1) is 0 Å². The smallest absolute Gasteiger partial charge is 0.257 e. The molecule has 1 amide bonds. The van der Waals surface area contributed by atoms with Gasteiger partial charge in [0.15, 0.2) is 0 Å². The molecule has 0 radical (unpaired) electrons. The molecule has 1 aromatic heterocycles. The van der Waals surface area contributed by atoms with Crippen LogP contribution in [0.25, 0.3) is 0 Å². The Balaban J connectivity index is 1.78. The van der Waals surface area contributed by atoms with Crippen LogP contribution in [0.5, 0.6) is 5.75 Å². The molecule has 25 heavy (non-hydrogen) atoms. The van der Waals surface area contributed by atoms with E-state index in [4.69, 9.17) is 4.74 Å². The van der Waals surface area contributed by atoms with Gasteiger partial charge in [-0.1, -0.05) is 18.2 Å². The molecule has 0 aliphatic carbocycles. The van der Waals surface area contributed by atoms with Crippen LogP contribution in [0.1, 0.15) is 35.2 Å². The quantitative estimate of drug-likeness (QED) is 0.926. The normalized spacial score (nSPS) is 23.4. The average molecular weight is 341 g/mol. The SMILES string of the molecule is Cc1ncc(C(=O)N2CC[C@@](C)(O)[C@H](Oc3ccccc3)C2)c(C)n1. The first kappa shape index (κ1) is 17.4. The second kappa shape index (κ2) is 6.80. The van der Waals surface area contributed by atoms with E-state index in [0.29, 0.717) is 42.3 Å². The van der Waals surface area contributed by atoms with Gasteiger partial charge in [0.05, 0.1) is 17.8 Å². The average Bonchev–Trinajstić information content (AvgIpc) is 2.57. The van der Waals surface area contributed by atoms with Crippen LogP contribution in [-0.4, -0.2) is 50.7 Å². The van der Waals surface area contributed by atoms with Crippen LogP contribution in [0.15, 0.2) is 36.5 Å². The summed E-state index contributed by atoms with van der Waals surface area (Å²) in [4.78, 5) is 22.9. The van der Waals surface area contributed by atoms with Crippen molar-refractivity contribution in [3.8, 4) is 5.75 Å². The lowest BCUT2D eigenvalue weighted by molar-refractivity contribution is -0.0881. The van der Waals surface area contributed by atoms with Gasteiger partial charge < -0.3 is 14.7 Å². The number of benzene rings is 1. The summed E-state index contributed by atoms with van der Waals surface area (Å²) >= 11 is 0. The van der Waals surface area contributed by atoms with E-state index in [1.807, 2.05) is 30.3 Å². The maximum absolute atomic E-state index is 12.8. The van der Waals surface area contributed by atoms with Crippen molar-refractivity contribution in [2.45, 2.75) is 38.9 Å². The maximum Gasteiger partial charge on any atom is 0.257 e. The zero-order valence-corrected chi connectivity index (χ0v) is 14.8. The Labute approximate surface area is 147 Å². The van der Waals surface area contributed by atoms with Gasteiger partial charge in [0.2, 0.25) is 0 Å². The summed E-state index contributed by atoms with van der Waals surface area (Å²) in [6.45, 7) is 6.13. The third-order valence-corrected chi connectivity index (χ3v) is 4.61. The molecule has 0 spiro atoms. The molecule has 0 saturated carbocycles. The Morgan fingerprint density at radius 1 is 1.32 bits per heavy atom. The fraction of sp³-hybridized carbons (Fsp3) is 0.421. The number of hydrogen-bond donors (Lipinski definition) is 1. The summed E-state index contributed by atoms with van der Waals surface area (Å²) < 4.78 is 5.96. The van der Waals surface area contributed by atoms with Crippen LogP contribution in [0, 0.1) is 13.8 Å². The zero-order valence-electron chi connectivity index (χ0n) is 14.8. The number of aliphatic hydroxyl groups is 1. The van der Waals surface area contributed by atoms with Crippen LogP contribution >= 0.6 is 0 Å². The van der Waals surface area contributed by atoms with Crippen LogP contribution in [0.3, 0.4) is 0 Å². The summed E-state index contributed by atoms with van der Waals surface area (Å²) in [6, 6.07) is 9.34. The summed E-state index contributed by atoms with van der Waals surface area (Å²) in [7, 11) is 0. The Morgan fingerprint density at radius 3 is 2.72 bits per heavy atom. The zero-order chi connectivity index (χ0) is 18.0. The first-order valence-electron chi connectivity index (χ1n) is 8.40. The van der Waals surface area contributed by atoms with Gasteiger partial charge in [0.1, 0.15) is 23.3 Å². The Kier molecular flexibility index (Phi) is 4.72. The molecule has 1 saturated heterocycles. The summed E-state index contributed by atoms with van der Waals surface area (Å²) in [5.41, 5.74) is 0.159. The number of aromatic nitrogens is 2. The first-order valence-corrected chi connectivity index (χ1v) is 8.40. The van der Waals surface area contributed by atoms with E-state index in [2.05, 4.69) is 9.97 Å². The fourth-order valence-corrected chi connectivity index (χ4v) is 2.99. The van der Waals surface area contributed by atoms with Gasteiger partial charge in [-0.25, -0.2) is 9.97 Å². The van der Waals surface area contributed by atoms with Gasteiger partial charge in [0, 0.05) is 12.7 Å². The Morgan fingerprint density at radius 2 is 2.04 bits per heavy atom. The van der Waals surface area contributed by atoms with E-state index < -0.39 is 11.7 Å². The van der Waals surface area contributed by atoms with Crippen molar-refractivity contribution in [2.24, 2.45) is 0 Å². The highest BCUT2D eigenvalue weighted by atomic mass is 16.5. The molecule has 6 heteroatoms. The van der Waals surface area contributed by atoms with Crippen molar-refractivity contribution >= 4 is 5.91 Å². The van der Waals surface area contributed by atoms with Gasteiger partial charge in [-0.3, -0.25) is 4.79 Å². The maximum atomic E-state index is 12.8. The van der Waals surface area contributed by atoms with Crippen molar-refractivity contribution in [2.75, 3.05) is 13.1 Å². The molecule has 2 aromatic rings. The molecule has 0 unspecified atom stereocenters. The molecule has 2 atom stereocenters. The largest absolute Gasteiger partial charge is 0.486 e. The molecule has 0 bridgehead atoms. The van der Waals surface area contributed by atoms with Crippen molar-refractivity contribution in [1.29, 1.82) is 0 Å². The number of carbonyl (C=O) groups is 1. The number of carbonyl (C=O) groups excluding carboxylic acids is 1. The second-order valence-corrected chi connectivity index (χ2v) is 6.69. The van der Waals surface area contributed by atoms with Crippen molar-refractivity contribution in [3.05, 3.63) is 53.6 Å². The van der Waals surface area contributed by atoms with E-state index in [1.54, 1.807) is 31.9 Å². The number of likely N-dealkylation sites (tertiary alicyclic amines) is 1. The highest BCUT2D eigenvalue weighted by Crippen LogP contribution is 2.27. The molecule has 1 N–H and O–H groups in total. The predicted molar refractivity (Wildman–Crippen MR) is 93.5 cm³/mol. The third kappa shape index (κ3) is 3.79. The van der Waals surface area contributed by atoms with Gasteiger partial charge in [0.25, 0.3) is 5.91 Å². The highest BCUT2D eigenvalue weighted by molar-refractivity contribution is 5.95. The van der Waals surface area contributed by atoms with Gasteiger partial charge in [-0.05, 0) is 39.3 Å². The molecule has 6 nitrogen and oxygen atoms in total. The molecule has 1 fully saturated rings. The van der Waals surface area contributed by atoms with Crippen LogP contribution in [0.2, 0.25) is 0 Å². The van der Waals surface area contributed by atoms with E-state index in [0.717, 1.165) is 0 Å². The minimum absolute atomic E-state index is 0.130. The van der Waals surface area contributed by atoms with E-state index >= 15 is 0 Å². The van der Waals surface area contributed by atoms with Crippen LogP contribution < -0.4 is 4.74 Å². The van der Waals surface area contributed by atoms with Crippen molar-refractivity contribution < 1.29 is 14.6 Å². The van der Waals surface area contributed by atoms with Crippen LogP contribution in [0.4, 0.5) is 0 Å². The fourth-order valence-electron chi connectivity index (χ4n) is 2.99. The summed E-state index contributed by atoms with van der Waals surface area (Å²) in [5, 5.41) is 10.7. The minimum Gasteiger partial charge on any atom is -0.486 e. The molecule has 132 valence electrons. The number of hydrogen-bond acceptors (Lipinski definition) is 5. The predicted octanol–water partition coefficient (Wildman–Crippen LogP) is 2.14. The Bertz CT molecular complexity index is 762.